The smallest absolute Gasteiger partial charge is 0.221 e. The van der Waals surface area contributed by atoms with Crippen LogP contribution in [0, 0.1) is 0 Å². The molecule has 20 heavy (non-hydrogen) atoms. The molecule has 0 aliphatic carbocycles. The quantitative estimate of drug-likeness (QED) is 0.891. The number of nitrogens with one attached hydrogen (secondary N) is 1. The number of anilines is 1. The van der Waals surface area contributed by atoms with Gasteiger partial charge in [0.1, 0.15) is 0 Å². The van der Waals surface area contributed by atoms with Crippen LogP contribution in [0.5, 0.6) is 0 Å². The van der Waals surface area contributed by atoms with Crippen LogP contribution >= 0.6 is 11.3 Å². The Balaban J connectivity index is 2.12. The van der Waals surface area contributed by atoms with E-state index in [1.165, 1.54) is 22.5 Å². The first kappa shape index (κ1) is 13.1. The third-order valence-electron chi connectivity index (χ3n) is 3.71. The molecule has 1 atom stereocenters. The van der Waals surface area contributed by atoms with Crippen LogP contribution in [0.1, 0.15) is 41.0 Å². The number of rotatable bonds is 2. The Hall–Kier alpha value is -1.88. The van der Waals surface area contributed by atoms with Gasteiger partial charge < -0.3 is 11.1 Å². The van der Waals surface area contributed by atoms with Crippen LogP contribution in [-0.2, 0) is 17.8 Å². The lowest BCUT2D eigenvalue weighted by molar-refractivity contribution is -0.121. The van der Waals surface area contributed by atoms with Crippen molar-refractivity contribution in [1.29, 1.82) is 0 Å². The lowest BCUT2D eigenvalue weighted by Gasteiger charge is -2.17. The Morgan fingerprint density at radius 3 is 3.05 bits per heavy atom. The molecule has 0 fully saturated rings. The van der Waals surface area contributed by atoms with Gasteiger partial charge in [-0.05, 0) is 17.5 Å². The van der Waals surface area contributed by atoms with Gasteiger partial charge in [-0.1, -0.05) is 31.2 Å². The van der Waals surface area contributed by atoms with Gasteiger partial charge in [0.2, 0.25) is 5.91 Å². The van der Waals surface area contributed by atoms with Gasteiger partial charge in [0.05, 0.1) is 12.2 Å². The third-order valence-corrected chi connectivity index (χ3v) is 4.76. The Kier molecular flexibility index (Phi) is 3.44. The molecule has 1 aromatic heterocycles. The fraction of sp³-hybridized carbons (Fsp3) is 0.333. The molecule has 0 unspecified atom stereocenters. The molecule has 0 saturated heterocycles. The van der Waals surface area contributed by atoms with Crippen molar-refractivity contribution in [2.45, 2.75) is 32.2 Å². The van der Waals surface area contributed by atoms with E-state index in [4.69, 9.17) is 5.73 Å². The van der Waals surface area contributed by atoms with Crippen LogP contribution in [0.3, 0.4) is 0 Å². The molecule has 0 saturated carbocycles. The number of carbonyl (C=O) groups excluding carboxylic acids is 1. The Morgan fingerprint density at radius 2 is 2.25 bits per heavy atom. The minimum atomic E-state index is 0.0680. The topological polar surface area (TPSA) is 68.0 Å². The van der Waals surface area contributed by atoms with Gasteiger partial charge in [-0.25, -0.2) is 4.98 Å². The SMILES string of the molecule is CCc1ccccc1[C@@H]1CC(=O)NCc2nc(N)sc21. The van der Waals surface area contributed by atoms with Crippen molar-refractivity contribution in [2.24, 2.45) is 0 Å². The number of hydrogen-bond acceptors (Lipinski definition) is 4. The normalized spacial score (nSPS) is 18.2. The van der Waals surface area contributed by atoms with Gasteiger partial charge in [0, 0.05) is 17.2 Å². The van der Waals surface area contributed by atoms with Crippen molar-refractivity contribution in [3.8, 4) is 0 Å². The largest absolute Gasteiger partial charge is 0.375 e. The van der Waals surface area contributed by atoms with Crippen molar-refractivity contribution in [1.82, 2.24) is 10.3 Å². The predicted octanol–water partition coefficient (Wildman–Crippen LogP) is 2.44. The summed E-state index contributed by atoms with van der Waals surface area (Å²) in [6.45, 7) is 2.62. The summed E-state index contributed by atoms with van der Waals surface area (Å²) in [7, 11) is 0. The first-order valence-corrected chi connectivity index (χ1v) is 7.60. The lowest BCUT2D eigenvalue weighted by atomic mass is 9.89. The number of nitrogens with two attached hydrogens (primary N) is 1. The Labute approximate surface area is 122 Å². The number of nitrogens with zero attached hydrogens (tertiary/aromatic N) is 1. The molecule has 5 heteroatoms. The minimum Gasteiger partial charge on any atom is -0.375 e. The van der Waals surface area contributed by atoms with Crippen LogP contribution in [0.4, 0.5) is 5.13 Å². The zero-order valence-electron chi connectivity index (χ0n) is 11.3. The van der Waals surface area contributed by atoms with Gasteiger partial charge in [-0.3, -0.25) is 4.79 Å². The number of amides is 1. The summed E-state index contributed by atoms with van der Waals surface area (Å²) < 4.78 is 0. The summed E-state index contributed by atoms with van der Waals surface area (Å²) in [6.07, 6.45) is 1.42. The second-order valence-electron chi connectivity index (χ2n) is 4.95. The summed E-state index contributed by atoms with van der Waals surface area (Å²) >= 11 is 1.50. The number of nitrogen functional groups attached to an aromatic ring is 1. The molecule has 1 aliphatic rings. The zero-order valence-corrected chi connectivity index (χ0v) is 12.2. The summed E-state index contributed by atoms with van der Waals surface area (Å²) in [5.74, 6) is 0.142. The number of aryl methyl sites for hydroxylation is 1. The second kappa shape index (κ2) is 5.25. The van der Waals surface area contributed by atoms with Crippen LogP contribution in [0.2, 0.25) is 0 Å². The van der Waals surface area contributed by atoms with E-state index < -0.39 is 0 Å². The molecule has 104 valence electrons. The zero-order chi connectivity index (χ0) is 14.1. The monoisotopic (exact) mass is 287 g/mol. The van der Waals surface area contributed by atoms with Gasteiger partial charge in [-0.2, -0.15) is 0 Å². The summed E-state index contributed by atoms with van der Waals surface area (Å²) in [5.41, 5.74) is 9.26. The average Bonchev–Trinajstić information content (AvgIpc) is 2.76. The van der Waals surface area contributed by atoms with Crippen LogP contribution in [-0.4, -0.2) is 10.9 Å². The first-order valence-electron chi connectivity index (χ1n) is 6.78. The average molecular weight is 287 g/mol. The highest BCUT2D eigenvalue weighted by atomic mass is 32.1. The van der Waals surface area contributed by atoms with E-state index >= 15 is 0 Å². The third kappa shape index (κ3) is 2.29. The summed E-state index contributed by atoms with van der Waals surface area (Å²) in [4.78, 5) is 17.4. The molecule has 3 N–H and O–H groups in total. The van der Waals surface area contributed by atoms with E-state index in [9.17, 15) is 4.79 Å². The van der Waals surface area contributed by atoms with Gasteiger partial charge in [0.25, 0.3) is 0 Å². The number of hydrogen-bond donors (Lipinski definition) is 2. The highest BCUT2D eigenvalue weighted by Gasteiger charge is 2.28. The Bertz CT molecular complexity index is 650. The molecule has 3 rings (SSSR count). The van der Waals surface area contributed by atoms with Gasteiger partial charge in [0.15, 0.2) is 5.13 Å². The second-order valence-corrected chi connectivity index (χ2v) is 6.01. The van der Waals surface area contributed by atoms with Crippen LogP contribution in [0.25, 0.3) is 0 Å². The Morgan fingerprint density at radius 1 is 1.45 bits per heavy atom. The van der Waals surface area contributed by atoms with Crippen LogP contribution in [0.15, 0.2) is 24.3 Å². The molecule has 1 amide bonds. The number of benzene rings is 1. The summed E-state index contributed by atoms with van der Waals surface area (Å²) in [6, 6.07) is 8.31. The van der Waals surface area contributed by atoms with E-state index in [1.54, 1.807) is 0 Å². The molecule has 0 radical (unpaired) electrons. The van der Waals surface area contributed by atoms with Gasteiger partial charge in [-0.15, -0.1) is 11.3 Å². The van der Waals surface area contributed by atoms with E-state index in [0.717, 1.165) is 17.0 Å². The lowest BCUT2D eigenvalue weighted by Crippen LogP contribution is -2.21. The molecule has 1 aromatic carbocycles. The van der Waals surface area contributed by atoms with Crippen molar-refractivity contribution >= 4 is 22.4 Å². The van der Waals surface area contributed by atoms with Crippen molar-refractivity contribution in [3.05, 3.63) is 46.0 Å². The van der Waals surface area contributed by atoms with Crippen molar-refractivity contribution < 1.29 is 4.79 Å². The summed E-state index contributed by atoms with van der Waals surface area (Å²) in [5, 5.41) is 3.48. The number of aromatic nitrogens is 1. The fourth-order valence-corrected chi connectivity index (χ4v) is 3.73. The van der Waals surface area contributed by atoms with Crippen molar-refractivity contribution in [3.63, 3.8) is 0 Å². The minimum absolute atomic E-state index is 0.0680. The maximum absolute atomic E-state index is 12.0. The molecule has 2 aromatic rings. The van der Waals surface area contributed by atoms with Gasteiger partial charge >= 0.3 is 0 Å². The molecular weight excluding hydrogens is 270 g/mol. The van der Waals surface area contributed by atoms with E-state index in [0.29, 0.717) is 18.1 Å². The number of fused-ring (bicyclic) bond motifs is 1. The predicted molar refractivity (Wildman–Crippen MR) is 80.7 cm³/mol. The van der Waals surface area contributed by atoms with Crippen LogP contribution < -0.4 is 11.1 Å². The molecule has 0 spiro atoms. The van der Waals surface area contributed by atoms with E-state index in [-0.39, 0.29) is 11.8 Å². The maximum atomic E-state index is 12.0. The highest BCUT2D eigenvalue weighted by molar-refractivity contribution is 7.15. The highest BCUT2D eigenvalue weighted by Crippen LogP contribution is 2.38. The standard InChI is InChI=1S/C15H17N3OS/c1-2-9-5-3-4-6-10(9)11-7-13(19)17-8-12-14(11)20-15(16)18-12/h3-6,11H,2,7-8H2,1H3,(H2,16,18)(H,17,19)/t11-/m0/s1. The molecule has 1 aliphatic heterocycles. The molecule has 4 nitrogen and oxygen atoms in total. The molecule has 0 bridgehead atoms. The first-order chi connectivity index (χ1) is 9.69. The maximum Gasteiger partial charge on any atom is 0.221 e. The number of carbonyl (C=O) groups is 1. The van der Waals surface area contributed by atoms with Crippen molar-refractivity contribution in [2.75, 3.05) is 5.73 Å². The number of thiazole rings is 1. The van der Waals surface area contributed by atoms with E-state index in [1.807, 2.05) is 12.1 Å². The molecular formula is C15H17N3OS. The van der Waals surface area contributed by atoms with E-state index in [2.05, 4.69) is 29.4 Å². The molecule has 2 heterocycles. The fourth-order valence-electron chi connectivity index (χ4n) is 2.76.